The lowest BCUT2D eigenvalue weighted by Gasteiger charge is -2.35. The third-order valence-electron chi connectivity index (χ3n) is 4.53. The van der Waals surface area contributed by atoms with Crippen molar-refractivity contribution in [1.29, 1.82) is 0 Å². The average molecular weight is 309 g/mol. The normalized spacial score (nSPS) is 23.8. The lowest BCUT2D eigenvalue weighted by atomic mass is 9.81. The number of halogens is 1. The highest BCUT2D eigenvalue weighted by molar-refractivity contribution is 6.32. The Morgan fingerprint density at radius 2 is 2.10 bits per heavy atom. The van der Waals surface area contributed by atoms with Gasteiger partial charge in [-0.05, 0) is 18.9 Å². The molecule has 1 amide bonds. The number of para-hydroxylation sites is 1. The molecule has 0 aromatic heterocycles. The standard InChI is InChI=1S/C16H21ClN2O2/c17-12-6-4-5-11-13(7-10-21-14(11)12)19-15(20)16(18)8-2-1-3-9-16/h4-6,13H,1-3,7-10,18H2,(H,19,20). The number of nitrogens with two attached hydrogens (primary N) is 1. The van der Waals surface area contributed by atoms with E-state index >= 15 is 0 Å². The molecule has 1 atom stereocenters. The molecule has 3 rings (SSSR count). The fourth-order valence-corrected chi connectivity index (χ4v) is 3.48. The van der Waals surface area contributed by atoms with Crippen LogP contribution in [0.5, 0.6) is 5.75 Å². The third kappa shape index (κ3) is 2.87. The Kier molecular flexibility index (Phi) is 4.09. The van der Waals surface area contributed by atoms with Crippen molar-refractivity contribution in [2.24, 2.45) is 5.73 Å². The molecule has 114 valence electrons. The smallest absolute Gasteiger partial charge is 0.240 e. The Labute approximate surface area is 130 Å². The number of carbonyl (C=O) groups is 1. The summed E-state index contributed by atoms with van der Waals surface area (Å²) in [4.78, 5) is 12.6. The topological polar surface area (TPSA) is 64.4 Å². The zero-order valence-corrected chi connectivity index (χ0v) is 12.8. The van der Waals surface area contributed by atoms with Crippen molar-refractivity contribution in [3.8, 4) is 5.75 Å². The lowest BCUT2D eigenvalue weighted by molar-refractivity contribution is -0.128. The van der Waals surface area contributed by atoms with Crippen LogP contribution >= 0.6 is 11.6 Å². The number of hydrogen-bond donors (Lipinski definition) is 2. The van der Waals surface area contributed by atoms with Gasteiger partial charge in [-0.3, -0.25) is 4.79 Å². The van der Waals surface area contributed by atoms with Gasteiger partial charge in [-0.15, -0.1) is 0 Å². The van der Waals surface area contributed by atoms with Crippen LogP contribution in [-0.2, 0) is 4.79 Å². The first-order valence-electron chi connectivity index (χ1n) is 7.61. The van der Waals surface area contributed by atoms with Crippen molar-refractivity contribution in [1.82, 2.24) is 5.32 Å². The molecule has 1 saturated carbocycles. The predicted octanol–water partition coefficient (Wildman–Crippen LogP) is 2.94. The molecule has 1 aliphatic heterocycles. The molecular formula is C16H21ClN2O2. The lowest BCUT2D eigenvalue weighted by Crippen LogP contribution is -2.55. The number of hydrogen-bond acceptors (Lipinski definition) is 3. The van der Waals surface area contributed by atoms with Crippen LogP contribution < -0.4 is 15.8 Å². The molecule has 0 bridgehead atoms. The third-order valence-corrected chi connectivity index (χ3v) is 4.83. The quantitative estimate of drug-likeness (QED) is 0.883. The van der Waals surface area contributed by atoms with Crippen LogP contribution in [-0.4, -0.2) is 18.1 Å². The number of benzene rings is 1. The zero-order valence-electron chi connectivity index (χ0n) is 12.0. The van der Waals surface area contributed by atoms with E-state index in [-0.39, 0.29) is 11.9 Å². The number of rotatable bonds is 2. The summed E-state index contributed by atoms with van der Waals surface area (Å²) in [5.74, 6) is 0.644. The Bertz CT molecular complexity index is 541. The van der Waals surface area contributed by atoms with Gasteiger partial charge in [-0.1, -0.05) is 43.0 Å². The molecule has 0 spiro atoms. The molecule has 1 fully saturated rings. The summed E-state index contributed by atoms with van der Waals surface area (Å²) in [5, 5.41) is 3.70. The maximum atomic E-state index is 12.6. The summed E-state index contributed by atoms with van der Waals surface area (Å²) in [7, 11) is 0. The summed E-state index contributed by atoms with van der Waals surface area (Å²) >= 11 is 6.16. The van der Waals surface area contributed by atoms with Crippen LogP contribution in [0, 0.1) is 0 Å². The number of carbonyl (C=O) groups excluding carboxylic acids is 1. The van der Waals surface area contributed by atoms with Gasteiger partial charge in [0.25, 0.3) is 0 Å². The molecule has 1 heterocycles. The first-order chi connectivity index (χ1) is 10.1. The Balaban J connectivity index is 1.77. The van der Waals surface area contributed by atoms with E-state index in [1.54, 1.807) is 6.07 Å². The summed E-state index contributed by atoms with van der Waals surface area (Å²) in [6, 6.07) is 5.57. The van der Waals surface area contributed by atoms with E-state index in [9.17, 15) is 4.79 Å². The van der Waals surface area contributed by atoms with E-state index in [0.29, 0.717) is 17.4 Å². The first-order valence-corrected chi connectivity index (χ1v) is 7.99. The zero-order chi connectivity index (χ0) is 14.9. The van der Waals surface area contributed by atoms with Crippen LogP contribution in [0.3, 0.4) is 0 Å². The highest BCUT2D eigenvalue weighted by Gasteiger charge is 2.37. The van der Waals surface area contributed by atoms with Crippen LogP contribution in [0.15, 0.2) is 18.2 Å². The van der Waals surface area contributed by atoms with Crippen molar-refractivity contribution in [3.63, 3.8) is 0 Å². The van der Waals surface area contributed by atoms with Gasteiger partial charge in [-0.25, -0.2) is 0 Å². The van der Waals surface area contributed by atoms with Gasteiger partial charge in [-0.2, -0.15) is 0 Å². The van der Waals surface area contributed by atoms with E-state index in [0.717, 1.165) is 37.7 Å². The summed E-state index contributed by atoms with van der Waals surface area (Å²) in [6.45, 7) is 0.555. The molecular weight excluding hydrogens is 288 g/mol. The SMILES string of the molecule is NC1(C(=O)NC2CCOc3c(Cl)cccc32)CCCCC1. The van der Waals surface area contributed by atoms with Crippen LogP contribution in [0.25, 0.3) is 0 Å². The molecule has 0 saturated heterocycles. The summed E-state index contributed by atoms with van der Waals surface area (Å²) in [6.07, 6.45) is 5.51. The van der Waals surface area contributed by atoms with Crippen molar-refractivity contribution in [2.45, 2.75) is 50.1 Å². The maximum absolute atomic E-state index is 12.6. The first kappa shape index (κ1) is 14.7. The van der Waals surface area contributed by atoms with E-state index in [1.807, 2.05) is 12.1 Å². The molecule has 3 N–H and O–H groups in total. The second kappa shape index (κ2) is 5.85. The van der Waals surface area contributed by atoms with Gasteiger partial charge in [0.05, 0.1) is 23.2 Å². The molecule has 4 nitrogen and oxygen atoms in total. The van der Waals surface area contributed by atoms with Crippen LogP contribution in [0.1, 0.15) is 50.1 Å². The van der Waals surface area contributed by atoms with Crippen molar-refractivity contribution >= 4 is 17.5 Å². The second-order valence-corrected chi connectivity index (χ2v) is 6.45. The van der Waals surface area contributed by atoms with Gasteiger partial charge in [0.1, 0.15) is 5.75 Å². The Hall–Kier alpha value is -1.26. The molecule has 1 aromatic carbocycles. The van der Waals surface area contributed by atoms with E-state index < -0.39 is 5.54 Å². The maximum Gasteiger partial charge on any atom is 0.240 e. The molecule has 1 aliphatic carbocycles. The molecule has 1 aromatic rings. The van der Waals surface area contributed by atoms with Gasteiger partial charge < -0.3 is 15.8 Å². The van der Waals surface area contributed by atoms with E-state index in [1.165, 1.54) is 6.42 Å². The largest absolute Gasteiger partial charge is 0.492 e. The number of ether oxygens (including phenoxy) is 1. The molecule has 21 heavy (non-hydrogen) atoms. The molecule has 5 heteroatoms. The predicted molar refractivity (Wildman–Crippen MR) is 82.5 cm³/mol. The van der Waals surface area contributed by atoms with Gasteiger partial charge in [0.2, 0.25) is 5.91 Å². The fraction of sp³-hybridized carbons (Fsp3) is 0.562. The fourth-order valence-electron chi connectivity index (χ4n) is 3.25. The van der Waals surface area contributed by atoms with Gasteiger partial charge >= 0.3 is 0 Å². The van der Waals surface area contributed by atoms with E-state index in [2.05, 4.69) is 5.32 Å². The van der Waals surface area contributed by atoms with Crippen LogP contribution in [0.4, 0.5) is 0 Å². The Morgan fingerprint density at radius 3 is 2.86 bits per heavy atom. The Morgan fingerprint density at radius 1 is 1.33 bits per heavy atom. The van der Waals surface area contributed by atoms with Crippen molar-refractivity contribution in [3.05, 3.63) is 28.8 Å². The van der Waals surface area contributed by atoms with Crippen molar-refractivity contribution in [2.75, 3.05) is 6.61 Å². The van der Waals surface area contributed by atoms with Crippen molar-refractivity contribution < 1.29 is 9.53 Å². The average Bonchev–Trinajstić information content (AvgIpc) is 2.49. The number of fused-ring (bicyclic) bond motifs is 1. The number of nitrogens with one attached hydrogen (secondary N) is 1. The van der Waals surface area contributed by atoms with Gasteiger partial charge in [0.15, 0.2) is 0 Å². The van der Waals surface area contributed by atoms with Gasteiger partial charge in [0, 0.05) is 12.0 Å². The highest BCUT2D eigenvalue weighted by atomic mass is 35.5. The summed E-state index contributed by atoms with van der Waals surface area (Å²) < 4.78 is 5.62. The minimum Gasteiger partial charge on any atom is -0.492 e. The summed E-state index contributed by atoms with van der Waals surface area (Å²) in [5.41, 5.74) is 6.53. The minimum absolute atomic E-state index is 0.0416. The highest BCUT2D eigenvalue weighted by Crippen LogP contribution is 2.38. The van der Waals surface area contributed by atoms with Crippen LogP contribution in [0.2, 0.25) is 5.02 Å². The second-order valence-electron chi connectivity index (χ2n) is 6.04. The van der Waals surface area contributed by atoms with E-state index in [4.69, 9.17) is 22.1 Å². The minimum atomic E-state index is -0.713. The molecule has 2 aliphatic rings. The number of amides is 1. The molecule has 1 unspecified atom stereocenters. The molecule has 0 radical (unpaired) electrons. The monoisotopic (exact) mass is 308 g/mol.